The highest BCUT2D eigenvalue weighted by Crippen LogP contribution is 2.26. The third kappa shape index (κ3) is 3.04. The molecule has 4 rings (SSSR count). The standard InChI is InChI=1S/C18H10F3N5/c19-12-4-5-15(16(21)10-12)11-7-13(20)9-14(8-11)26-24-18(23-25-26)17-3-1-2-6-22-17/h1-10H. The number of aromatic nitrogens is 5. The van der Waals surface area contributed by atoms with E-state index in [4.69, 9.17) is 0 Å². The van der Waals surface area contributed by atoms with E-state index in [0.29, 0.717) is 5.69 Å². The lowest BCUT2D eigenvalue weighted by molar-refractivity contribution is 0.585. The first kappa shape index (κ1) is 15.9. The summed E-state index contributed by atoms with van der Waals surface area (Å²) in [7, 11) is 0. The van der Waals surface area contributed by atoms with Gasteiger partial charge < -0.3 is 0 Å². The normalized spacial score (nSPS) is 10.9. The zero-order valence-corrected chi connectivity index (χ0v) is 13.1. The van der Waals surface area contributed by atoms with Crippen LogP contribution in [0.3, 0.4) is 0 Å². The summed E-state index contributed by atoms with van der Waals surface area (Å²) in [5, 5.41) is 12.0. The van der Waals surface area contributed by atoms with Crippen LogP contribution in [0, 0.1) is 17.5 Å². The fourth-order valence-corrected chi connectivity index (χ4v) is 2.49. The maximum atomic E-state index is 14.0. The van der Waals surface area contributed by atoms with Crippen molar-refractivity contribution in [3.63, 3.8) is 0 Å². The Bertz CT molecular complexity index is 1080. The monoisotopic (exact) mass is 353 g/mol. The zero-order chi connectivity index (χ0) is 18.1. The van der Waals surface area contributed by atoms with E-state index in [1.807, 2.05) is 0 Å². The minimum atomic E-state index is -0.790. The Labute approximate surface area is 145 Å². The Hall–Kier alpha value is -3.55. The smallest absolute Gasteiger partial charge is 0.223 e. The van der Waals surface area contributed by atoms with Crippen LogP contribution in [0.5, 0.6) is 0 Å². The van der Waals surface area contributed by atoms with E-state index < -0.39 is 17.5 Å². The maximum absolute atomic E-state index is 14.0. The predicted molar refractivity (Wildman–Crippen MR) is 87.7 cm³/mol. The van der Waals surface area contributed by atoms with Crippen molar-refractivity contribution in [2.45, 2.75) is 0 Å². The second kappa shape index (κ2) is 6.40. The van der Waals surface area contributed by atoms with Crippen LogP contribution in [0.1, 0.15) is 0 Å². The maximum Gasteiger partial charge on any atom is 0.223 e. The van der Waals surface area contributed by atoms with E-state index in [-0.39, 0.29) is 22.6 Å². The highest BCUT2D eigenvalue weighted by molar-refractivity contribution is 5.66. The van der Waals surface area contributed by atoms with Gasteiger partial charge in [0.15, 0.2) is 0 Å². The predicted octanol–water partition coefficient (Wildman–Crippen LogP) is 3.81. The van der Waals surface area contributed by atoms with Crippen molar-refractivity contribution in [1.29, 1.82) is 0 Å². The third-order valence-electron chi connectivity index (χ3n) is 3.66. The molecule has 0 radical (unpaired) electrons. The molecule has 0 N–H and O–H groups in total. The SMILES string of the molecule is Fc1cc(-c2ccc(F)cc2F)cc(-n2nnc(-c3ccccn3)n2)c1. The first-order valence-corrected chi connectivity index (χ1v) is 7.58. The van der Waals surface area contributed by atoms with Gasteiger partial charge in [0.05, 0.1) is 5.69 Å². The van der Waals surface area contributed by atoms with E-state index >= 15 is 0 Å². The largest absolute Gasteiger partial charge is 0.253 e. The van der Waals surface area contributed by atoms with Crippen LogP contribution >= 0.6 is 0 Å². The summed E-state index contributed by atoms with van der Waals surface area (Å²) in [4.78, 5) is 5.24. The van der Waals surface area contributed by atoms with Crippen molar-refractivity contribution in [1.82, 2.24) is 25.2 Å². The molecule has 0 fully saturated rings. The minimum absolute atomic E-state index is 0.0669. The van der Waals surface area contributed by atoms with Crippen LogP contribution in [0.25, 0.3) is 28.3 Å². The highest BCUT2D eigenvalue weighted by Gasteiger charge is 2.13. The number of halogens is 3. The number of tetrazole rings is 1. The molecule has 2 aromatic carbocycles. The average Bonchev–Trinajstić information content (AvgIpc) is 3.12. The fraction of sp³-hybridized carbons (Fsp3) is 0. The lowest BCUT2D eigenvalue weighted by atomic mass is 10.0. The first-order valence-electron chi connectivity index (χ1n) is 7.58. The molecule has 0 amide bonds. The molecule has 0 bridgehead atoms. The zero-order valence-electron chi connectivity index (χ0n) is 13.1. The summed E-state index contributed by atoms with van der Waals surface area (Å²) >= 11 is 0. The van der Waals surface area contributed by atoms with Crippen LogP contribution in [0.2, 0.25) is 0 Å². The van der Waals surface area contributed by atoms with Crippen LogP contribution in [0.15, 0.2) is 60.8 Å². The Morgan fingerprint density at radius 3 is 2.50 bits per heavy atom. The lowest BCUT2D eigenvalue weighted by Gasteiger charge is -2.06. The average molecular weight is 353 g/mol. The van der Waals surface area contributed by atoms with Gasteiger partial charge in [-0.15, -0.1) is 15.0 Å². The molecule has 8 heteroatoms. The molecule has 5 nitrogen and oxygen atoms in total. The van der Waals surface area contributed by atoms with Gasteiger partial charge in [0, 0.05) is 23.9 Å². The number of rotatable bonds is 3. The Kier molecular flexibility index (Phi) is 3.92. The van der Waals surface area contributed by atoms with Crippen molar-refractivity contribution in [2.75, 3.05) is 0 Å². The minimum Gasteiger partial charge on any atom is -0.253 e. The Morgan fingerprint density at radius 1 is 0.846 bits per heavy atom. The summed E-state index contributed by atoms with van der Waals surface area (Å²) < 4.78 is 41.1. The van der Waals surface area contributed by atoms with Crippen LogP contribution in [-0.2, 0) is 0 Å². The molecular formula is C18H10F3N5. The quantitative estimate of drug-likeness (QED) is 0.562. The number of hydrogen-bond donors (Lipinski definition) is 0. The molecule has 128 valence electrons. The molecule has 0 aliphatic heterocycles. The van der Waals surface area contributed by atoms with Crippen LogP contribution < -0.4 is 0 Å². The molecule has 0 aliphatic carbocycles. The van der Waals surface area contributed by atoms with Crippen LogP contribution in [-0.4, -0.2) is 25.2 Å². The van der Waals surface area contributed by atoms with Gasteiger partial charge in [-0.3, -0.25) is 4.98 Å². The van der Waals surface area contributed by atoms with Gasteiger partial charge in [-0.2, -0.15) is 0 Å². The summed E-state index contributed by atoms with van der Waals surface area (Å²) in [5.41, 5.74) is 1.06. The number of nitrogens with zero attached hydrogens (tertiary/aromatic N) is 5. The van der Waals surface area contributed by atoms with Crippen molar-refractivity contribution >= 4 is 0 Å². The van der Waals surface area contributed by atoms with Gasteiger partial charge in [-0.05, 0) is 47.2 Å². The Morgan fingerprint density at radius 2 is 1.73 bits per heavy atom. The Balaban J connectivity index is 1.76. The van der Waals surface area contributed by atoms with Gasteiger partial charge >= 0.3 is 0 Å². The number of hydrogen-bond acceptors (Lipinski definition) is 4. The van der Waals surface area contributed by atoms with Crippen LogP contribution in [0.4, 0.5) is 13.2 Å². The van der Waals surface area contributed by atoms with Gasteiger partial charge in [-0.1, -0.05) is 6.07 Å². The summed E-state index contributed by atoms with van der Waals surface area (Å²) in [5.74, 6) is -1.84. The van der Waals surface area contributed by atoms with Crippen molar-refractivity contribution in [3.05, 3.63) is 78.2 Å². The number of pyridine rings is 1. The molecule has 0 saturated heterocycles. The second-order valence-corrected chi connectivity index (χ2v) is 5.44. The van der Waals surface area contributed by atoms with E-state index in [1.165, 1.54) is 18.2 Å². The van der Waals surface area contributed by atoms with E-state index in [0.717, 1.165) is 23.0 Å². The van der Waals surface area contributed by atoms with Gasteiger partial charge in [0.1, 0.15) is 23.1 Å². The molecule has 26 heavy (non-hydrogen) atoms. The van der Waals surface area contributed by atoms with Crippen molar-refractivity contribution < 1.29 is 13.2 Å². The molecule has 2 aromatic heterocycles. The van der Waals surface area contributed by atoms with Crippen molar-refractivity contribution in [2.24, 2.45) is 0 Å². The highest BCUT2D eigenvalue weighted by atomic mass is 19.1. The van der Waals surface area contributed by atoms with E-state index in [2.05, 4.69) is 20.4 Å². The molecular weight excluding hydrogens is 343 g/mol. The van der Waals surface area contributed by atoms with Gasteiger partial charge in [-0.25, -0.2) is 13.2 Å². The lowest BCUT2D eigenvalue weighted by Crippen LogP contribution is -2.01. The van der Waals surface area contributed by atoms with E-state index in [9.17, 15) is 13.2 Å². The topological polar surface area (TPSA) is 56.5 Å². The third-order valence-corrected chi connectivity index (χ3v) is 3.66. The van der Waals surface area contributed by atoms with E-state index in [1.54, 1.807) is 24.4 Å². The molecule has 4 aromatic rings. The first-order chi connectivity index (χ1) is 12.6. The van der Waals surface area contributed by atoms with Gasteiger partial charge in [0.2, 0.25) is 5.82 Å². The second-order valence-electron chi connectivity index (χ2n) is 5.44. The number of benzene rings is 2. The molecule has 0 unspecified atom stereocenters. The fourth-order valence-electron chi connectivity index (χ4n) is 2.49. The van der Waals surface area contributed by atoms with Crippen molar-refractivity contribution in [3.8, 4) is 28.3 Å². The molecule has 0 atom stereocenters. The molecule has 0 saturated carbocycles. The summed E-state index contributed by atoms with van der Waals surface area (Å²) in [6, 6.07) is 12.2. The molecule has 0 aliphatic rings. The summed E-state index contributed by atoms with van der Waals surface area (Å²) in [6.07, 6.45) is 1.59. The van der Waals surface area contributed by atoms with Gasteiger partial charge in [0.25, 0.3) is 0 Å². The molecule has 2 heterocycles. The summed E-state index contributed by atoms with van der Waals surface area (Å²) in [6.45, 7) is 0. The molecule has 0 spiro atoms.